The molecule has 0 nitrogen and oxygen atoms in total. The summed E-state index contributed by atoms with van der Waals surface area (Å²) in [7, 11) is 0. The Morgan fingerprint density at radius 1 is 0.750 bits per heavy atom. The lowest BCUT2D eigenvalue weighted by Gasteiger charge is -2.26. The molecule has 2 unspecified atom stereocenters. The van der Waals surface area contributed by atoms with Crippen LogP contribution >= 0.6 is 0 Å². The van der Waals surface area contributed by atoms with Gasteiger partial charge in [0.15, 0.2) is 0 Å². The minimum Gasteiger partial charge on any atom is -0.0839 e. The molecule has 8 atom stereocenters. The molecule has 0 saturated heterocycles. The molecule has 9 rings (SSSR count). The van der Waals surface area contributed by atoms with E-state index in [1.54, 1.807) is 19.3 Å². The fourth-order valence-corrected chi connectivity index (χ4v) is 10.1. The Hall–Kier alpha value is -0.260. The van der Waals surface area contributed by atoms with E-state index in [1.807, 2.05) is 0 Å². The fraction of sp³-hybridized carbons (Fsp3) is 0.875. The van der Waals surface area contributed by atoms with Gasteiger partial charge < -0.3 is 0 Å². The molecule has 0 heterocycles. The van der Waals surface area contributed by atoms with Gasteiger partial charge in [0, 0.05) is 0 Å². The second kappa shape index (κ2) is 1.27. The summed E-state index contributed by atoms with van der Waals surface area (Å²) in [5, 5.41) is 0. The molecule has 80 valence electrons. The zero-order chi connectivity index (χ0) is 9.65. The van der Waals surface area contributed by atoms with Crippen molar-refractivity contribution in [2.24, 2.45) is 63.6 Å². The number of hydrogen-bond donors (Lipinski definition) is 0. The van der Waals surface area contributed by atoms with Crippen LogP contribution in [-0.4, -0.2) is 0 Å². The normalized spacial score (nSPS) is 90.5. The highest BCUT2D eigenvalue weighted by atomic mass is 15.1. The van der Waals surface area contributed by atoms with Crippen LogP contribution in [0.1, 0.15) is 19.3 Å². The summed E-state index contributed by atoms with van der Waals surface area (Å²) in [4.78, 5) is 0. The van der Waals surface area contributed by atoms with Crippen molar-refractivity contribution in [3.8, 4) is 0 Å². The van der Waals surface area contributed by atoms with E-state index >= 15 is 0 Å². The molecule has 0 N–H and O–H groups in total. The maximum Gasteiger partial charge on any atom is -0.00931 e. The minimum absolute atomic E-state index is 0.882. The molecule has 9 aliphatic rings. The van der Waals surface area contributed by atoms with Crippen LogP contribution in [-0.2, 0) is 0 Å². The van der Waals surface area contributed by atoms with Gasteiger partial charge in [0.05, 0.1) is 0 Å². The Kier molecular flexibility index (Phi) is 0.526. The smallest absolute Gasteiger partial charge is 0.00931 e. The van der Waals surface area contributed by atoms with Crippen LogP contribution in [0.4, 0.5) is 0 Å². The zero-order valence-corrected chi connectivity index (χ0v) is 9.39. The van der Waals surface area contributed by atoms with Crippen molar-refractivity contribution in [1.82, 2.24) is 0 Å². The van der Waals surface area contributed by atoms with Gasteiger partial charge >= 0.3 is 0 Å². The van der Waals surface area contributed by atoms with Gasteiger partial charge in [-0.15, -0.1) is 0 Å². The average Bonchev–Trinajstić information content (AvgIpc) is 3.16. The van der Waals surface area contributed by atoms with Crippen LogP contribution in [0.25, 0.3) is 0 Å². The van der Waals surface area contributed by atoms with E-state index in [0.29, 0.717) is 0 Å². The largest absolute Gasteiger partial charge is 0.0839 e. The first-order valence-corrected chi connectivity index (χ1v) is 7.58. The topological polar surface area (TPSA) is 0 Å². The number of allylic oxidation sites excluding steroid dienone is 2. The Labute approximate surface area is 95.5 Å². The minimum atomic E-state index is 0.882. The lowest BCUT2D eigenvalue weighted by atomic mass is 9.77. The summed E-state index contributed by atoms with van der Waals surface area (Å²) >= 11 is 0. The van der Waals surface area contributed by atoms with Crippen LogP contribution in [0.2, 0.25) is 0 Å². The molecule has 0 amide bonds. The molecule has 0 aliphatic heterocycles. The molecule has 0 heteroatoms. The summed E-state index contributed by atoms with van der Waals surface area (Å²) in [6, 6.07) is 0. The number of rotatable bonds is 0. The van der Waals surface area contributed by atoms with Gasteiger partial charge in [0.1, 0.15) is 0 Å². The predicted molar refractivity (Wildman–Crippen MR) is 58.2 cm³/mol. The predicted octanol–water partition coefficient (Wildman–Crippen LogP) is 2.71. The molecule has 0 aromatic rings. The maximum absolute atomic E-state index is 2.72. The van der Waals surface area contributed by atoms with Crippen molar-refractivity contribution >= 4 is 0 Å². The summed E-state index contributed by atoms with van der Waals surface area (Å²) in [5.74, 6) is 9.78. The highest BCUT2D eigenvalue weighted by Crippen LogP contribution is 3.13. The Morgan fingerprint density at radius 3 is 1.69 bits per heavy atom. The Morgan fingerprint density at radius 2 is 1.25 bits per heavy atom. The van der Waals surface area contributed by atoms with Crippen LogP contribution in [0, 0.1) is 63.6 Å². The monoisotopic (exact) mass is 208 g/mol. The molecule has 0 aromatic heterocycles. The van der Waals surface area contributed by atoms with Crippen molar-refractivity contribution in [1.29, 1.82) is 0 Å². The SMILES string of the molecule is C1=C[C@H]2C3(CC3)[C@@H]1C13[C@@H]4C5CC([C@H]41)[C@H]1[C@H]5C123. The molecular formula is C16H16. The first-order valence-electron chi connectivity index (χ1n) is 7.58. The first-order chi connectivity index (χ1) is 7.90. The van der Waals surface area contributed by atoms with Crippen molar-refractivity contribution in [2.75, 3.05) is 0 Å². The third kappa shape index (κ3) is 0.271. The molecule has 8 fully saturated rings. The van der Waals surface area contributed by atoms with Crippen molar-refractivity contribution in [2.45, 2.75) is 19.3 Å². The van der Waals surface area contributed by atoms with Gasteiger partial charge in [-0.05, 0) is 82.9 Å². The van der Waals surface area contributed by atoms with Crippen molar-refractivity contribution in [3.05, 3.63) is 12.2 Å². The molecule has 3 spiro atoms. The highest BCUT2D eigenvalue weighted by Gasteiger charge is 3.10. The van der Waals surface area contributed by atoms with Gasteiger partial charge in [-0.25, -0.2) is 0 Å². The molecule has 0 aromatic carbocycles. The Balaban J connectivity index is 1.60. The van der Waals surface area contributed by atoms with E-state index < -0.39 is 0 Å². The second-order valence-electron chi connectivity index (χ2n) is 8.61. The fourth-order valence-electron chi connectivity index (χ4n) is 10.1. The van der Waals surface area contributed by atoms with E-state index in [4.69, 9.17) is 0 Å². The lowest BCUT2D eigenvalue weighted by Crippen LogP contribution is -2.23. The summed E-state index contributed by atoms with van der Waals surface area (Å²) < 4.78 is 0. The van der Waals surface area contributed by atoms with Crippen LogP contribution < -0.4 is 0 Å². The lowest BCUT2D eigenvalue weighted by molar-refractivity contribution is 0.249. The maximum atomic E-state index is 2.72. The molecule has 4 bridgehead atoms. The molecule has 8 saturated carbocycles. The molecule has 0 radical (unpaired) electrons. The van der Waals surface area contributed by atoms with Crippen molar-refractivity contribution in [3.63, 3.8) is 0 Å². The van der Waals surface area contributed by atoms with E-state index in [2.05, 4.69) is 12.2 Å². The molecule has 16 heavy (non-hydrogen) atoms. The van der Waals surface area contributed by atoms with E-state index in [0.717, 1.165) is 28.1 Å². The standard InChI is InChI=1S/C16H16/c1-2-9-14(3-4-14)8(1)15-10-6-5-7(11(10)15)13-12(6)16(9,13)15/h1-2,6-13H,3-5H2/t6?,7?,8-,9+,10-,11-,12+,13+,15?,16?. The van der Waals surface area contributed by atoms with Gasteiger partial charge in [-0.2, -0.15) is 0 Å². The van der Waals surface area contributed by atoms with Crippen LogP contribution in [0.5, 0.6) is 0 Å². The summed E-state index contributed by atoms with van der Waals surface area (Å²) in [6.45, 7) is 0. The van der Waals surface area contributed by atoms with Gasteiger partial charge in [-0.1, -0.05) is 12.2 Å². The van der Waals surface area contributed by atoms with Gasteiger partial charge in [-0.3, -0.25) is 0 Å². The quantitative estimate of drug-likeness (QED) is 0.537. The zero-order valence-electron chi connectivity index (χ0n) is 9.39. The average molecular weight is 208 g/mol. The van der Waals surface area contributed by atoms with Crippen molar-refractivity contribution < 1.29 is 0 Å². The second-order valence-corrected chi connectivity index (χ2v) is 8.61. The third-order valence-electron chi connectivity index (χ3n) is 9.49. The van der Waals surface area contributed by atoms with Gasteiger partial charge in [0.25, 0.3) is 0 Å². The Bertz CT molecular complexity index is 486. The highest BCUT2D eigenvalue weighted by molar-refractivity contribution is 5.59. The first kappa shape index (κ1) is 6.61. The summed E-state index contributed by atoms with van der Waals surface area (Å²) in [6.07, 6.45) is 10.3. The summed E-state index contributed by atoms with van der Waals surface area (Å²) in [5.41, 5.74) is 2.81. The number of hydrogen-bond acceptors (Lipinski definition) is 0. The van der Waals surface area contributed by atoms with Crippen LogP contribution in [0.15, 0.2) is 12.2 Å². The van der Waals surface area contributed by atoms with E-state index in [9.17, 15) is 0 Å². The van der Waals surface area contributed by atoms with E-state index in [1.165, 1.54) is 35.5 Å². The van der Waals surface area contributed by atoms with Crippen LogP contribution in [0.3, 0.4) is 0 Å². The molecule has 9 aliphatic carbocycles. The van der Waals surface area contributed by atoms with Gasteiger partial charge in [0.2, 0.25) is 0 Å². The molecular weight excluding hydrogens is 192 g/mol. The third-order valence-corrected chi connectivity index (χ3v) is 9.49. The van der Waals surface area contributed by atoms with E-state index in [-0.39, 0.29) is 0 Å².